The van der Waals surface area contributed by atoms with Crippen molar-refractivity contribution in [3.05, 3.63) is 0 Å². The molecule has 0 rings (SSSR count). The Labute approximate surface area is 70.9 Å². The molecule has 0 aromatic rings. The molecule has 0 aliphatic rings. The second-order valence-corrected chi connectivity index (χ2v) is 1.41. The molecule has 0 radical (unpaired) electrons. The molecule has 3 heteroatoms. The monoisotopic (exact) mass is 124 g/mol. The van der Waals surface area contributed by atoms with Crippen molar-refractivity contribution in [1.29, 1.82) is 0 Å². The Hall–Kier alpha value is 0.340. The van der Waals surface area contributed by atoms with Crippen LogP contribution in [0.5, 0.6) is 0 Å². The zero-order chi connectivity index (χ0) is 5.70. The third-order valence-corrected chi connectivity index (χ3v) is 0.614. The molecule has 42 valence electrons. The Morgan fingerprint density at radius 2 is 2.12 bits per heavy atom. The van der Waals surface area contributed by atoms with E-state index in [-0.39, 0.29) is 35.3 Å². The summed E-state index contributed by atoms with van der Waals surface area (Å²) in [5, 5.41) is 0. The Morgan fingerprint density at radius 3 is 2.25 bits per heavy atom. The predicted molar refractivity (Wildman–Crippen MR) is 33.1 cm³/mol. The van der Waals surface area contributed by atoms with Crippen molar-refractivity contribution in [2.45, 2.75) is 19.8 Å². The molecule has 0 atom stereocenters. The van der Waals surface area contributed by atoms with Gasteiger partial charge in [-0.3, -0.25) is 0 Å². The molecule has 0 aliphatic carbocycles. The zero-order valence-electron chi connectivity index (χ0n) is 4.31. The summed E-state index contributed by atoms with van der Waals surface area (Å²) in [6.45, 7) is 1.48. The average molecular weight is 124 g/mol. The summed E-state index contributed by atoms with van der Waals surface area (Å²) in [6.07, 6.45) is 1.51. The average Bonchev–Trinajstić information content (AvgIpc) is 1.61. The Bertz CT molecular complexity index is 80.5. The van der Waals surface area contributed by atoms with Crippen LogP contribution in [0.15, 0.2) is 0 Å². The molecule has 0 aliphatic heterocycles. The van der Waals surface area contributed by atoms with Crippen LogP contribution in [0, 0.1) is 0 Å². The zero-order valence-corrected chi connectivity index (χ0v) is 4.31. The van der Waals surface area contributed by atoms with Crippen LogP contribution >= 0.6 is 0 Å². The Morgan fingerprint density at radius 1 is 1.62 bits per heavy atom. The van der Waals surface area contributed by atoms with Crippen molar-refractivity contribution in [2.24, 2.45) is 0 Å². The third kappa shape index (κ3) is 9.60. The molecule has 2 nitrogen and oxygen atoms in total. The maximum absolute atomic E-state index is 10.0. The molecule has 0 unspecified atom stereocenters. The van der Waals surface area contributed by atoms with Gasteiger partial charge in [-0.1, -0.05) is 0 Å². The predicted octanol–water partition coefficient (Wildman–Crippen LogP) is -0.0940. The van der Waals surface area contributed by atoms with E-state index < -0.39 is 0 Å². The van der Waals surface area contributed by atoms with E-state index in [0.717, 1.165) is 6.29 Å². The molecule has 0 saturated heterocycles. The van der Waals surface area contributed by atoms with Gasteiger partial charge >= 0.3 is 29.6 Å². The number of rotatable bonds is 3. The van der Waals surface area contributed by atoms with E-state index in [1.807, 2.05) is 0 Å². The number of carbonyl (C=O) groups excluding carboxylic acids is 2. The molecule has 0 heterocycles. The molecule has 0 spiro atoms. The number of hydrogen-bond donors (Lipinski definition) is 0. The first-order chi connectivity index (χ1) is 3.27. The standard InChI is InChI=1S/C5H8O2.Na.H/c1-5(7)3-2-4-6;;/h4H,2-3H2,1H3;;. The topological polar surface area (TPSA) is 34.1 Å². The van der Waals surface area contributed by atoms with E-state index in [1.165, 1.54) is 6.92 Å². The fourth-order valence-electron chi connectivity index (χ4n) is 0.262. The van der Waals surface area contributed by atoms with Gasteiger partial charge in [0.1, 0.15) is 12.1 Å². The van der Waals surface area contributed by atoms with Crippen LogP contribution in [0.1, 0.15) is 19.8 Å². The molecule has 0 bridgehead atoms. The molecular formula is C5H9NaO2. The van der Waals surface area contributed by atoms with Gasteiger partial charge < -0.3 is 9.59 Å². The molecule has 0 fully saturated rings. The number of Topliss-reactive ketones (excluding diaryl/α,β-unsaturated/α-hetero) is 1. The summed E-state index contributed by atoms with van der Waals surface area (Å²) >= 11 is 0. The van der Waals surface area contributed by atoms with E-state index >= 15 is 0 Å². The van der Waals surface area contributed by atoms with E-state index in [0.29, 0.717) is 12.8 Å². The maximum atomic E-state index is 10.0. The summed E-state index contributed by atoms with van der Waals surface area (Å²) in [4.78, 5) is 19.6. The molecule has 0 aromatic carbocycles. The molecule has 0 amide bonds. The summed E-state index contributed by atoms with van der Waals surface area (Å²) in [6, 6.07) is 0. The molecule has 0 saturated carbocycles. The first-order valence-electron chi connectivity index (χ1n) is 2.20. The first-order valence-corrected chi connectivity index (χ1v) is 2.20. The fraction of sp³-hybridized carbons (Fsp3) is 0.600. The first kappa shape index (κ1) is 11.2. The van der Waals surface area contributed by atoms with Crippen LogP contribution in [0.3, 0.4) is 0 Å². The van der Waals surface area contributed by atoms with Gasteiger partial charge in [-0.15, -0.1) is 0 Å². The normalized spacial score (nSPS) is 7.12. The van der Waals surface area contributed by atoms with Crippen molar-refractivity contribution in [3.63, 3.8) is 0 Å². The third-order valence-electron chi connectivity index (χ3n) is 0.614. The summed E-state index contributed by atoms with van der Waals surface area (Å²) in [5.74, 6) is 0.0760. The van der Waals surface area contributed by atoms with Crippen molar-refractivity contribution in [3.8, 4) is 0 Å². The Kier molecular flexibility index (Phi) is 10.3. The van der Waals surface area contributed by atoms with E-state index in [9.17, 15) is 9.59 Å². The van der Waals surface area contributed by atoms with E-state index in [1.54, 1.807) is 0 Å². The van der Waals surface area contributed by atoms with Gasteiger partial charge in [0.05, 0.1) is 0 Å². The second-order valence-electron chi connectivity index (χ2n) is 1.41. The molecule has 0 N–H and O–H groups in total. The van der Waals surface area contributed by atoms with Gasteiger partial charge in [0.15, 0.2) is 0 Å². The second kappa shape index (κ2) is 7.34. The van der Waals surface area contributed by atoms with Gasteiger partial charge in [-0.25, -0.2) is 0 Å². The van der Waals surface area contributed by atoms with Crippen molar-refractivity contribution in [1.82, 2.24) is 0 Å². The van der Waals surface area contributed by atoms with Crippen molar-refractivity contribution < 1.29 is 9.59 Å². The van der Waals surface area contributed by atoms with Gasteiger partial charge in [-0.05, 0) is 6.92 Å². The summed E-state index contributed by atoms with van der Waals surface area (Å²) in [5.41, 5.74) is 0. The minimum absolute atomic E-state index is 0. The number of ketones is 1. The Balaban J connectivity index is 0. The summed E-state index contributed by atoms with van der Waals surface area (Å²) < 4.78 is 0. The van der Waals surface area contributed by atoms with Crippen LogP contribution in [0.2, 0.25) is 0 Å². The minimum atomic E-state index is 0. The molecular weight excluding hydrogens is 115 g/mol. The van der Waals surface area contributed by atoms with Gasteiger partial charge in [0, 0.05) is 12.8 Å². The van der Waals surface area contributed by atoms with Gasteiger partial charge in [0.25, 0.3) is 0 Å². The van der Waals surface area contributed by atoms with Crippen LogP contribution in [-0.4, -0.2) is 41.6 Å². The fourth-order valence-corrected chi connectivity index (χ4v) is 0.262. The van der Waals surface area contributed by atoms with Crippen LogP contribution in [0.25, 0.3) is 0 Å². The SMILES string of the molecule is CC(=O)CCC=O.[NaH]. The number of hydrogen-bond acceptors (Lipinski definition) is 2. The quantitative estimate of drug-likeness (QED) is 0.389. The van der Waals surface area contributed by atoms with E-state index in [4.69, 9.17) is 0 Å². The molecule has 0 aromatic heterocycles. The summed E-state index contributed by atoms with van der Waals surface area (Å²) in [7, 11) is 0. The van der Waals surface area contributed by atoms with Gasteiger partial charge in [0.2, 0.25) is 0 Å². The van der Waals surface area contributed by atoms with Crippen LogP contribution < -0.4 is 0 Å². The van der Waals surface area contributed by atoms with Crippen molar-refractivity contribution in [2.75, 3.05) is 0 Å². The van der Waals surface area contributed by atoms with E-state index in [2.05, 4.69) is 0 Å². The van der Waals surface area contributed by atoms with Gasteiger partial charge in [-0.2, -0.15) is 0 Å². The van der Waals surface area contributed by atoms with Crippen LogP contribution in [0.4, 0.5) is 0 Å². The number of carbonyl (C=O) groups is 2. The molecule has 8 heavy (non-hydrogen) atoms. The number of aldehydes is 1. The van der Waals surface area contributed by atoms with Crippen molar-refractivity contribution >= 4 is 41.6 Å². The van der Waals surface area contributed by atoms with Crippen LogP contribution in [-0.2, 0) is 9.59 Å².